The van der Waals surface area contributed by atoms with Crippen molar-refractivity contribution in [3.05, 3.63) is 18.0 Å². The number of nitrogens with zero attached hydrogens (tertiary/aromatic N) is 2. The fourth-order valence-electron chi connectivity index (χ4n) is 2.87. The van der Waals surface area contributed by atoms with E-state index >= 15 is 0 Å². The molecule has 0 aliphatic heterocycles. The van der Waals surface area contributed by atoms with E-state index in [0.29, 0.717) is 16.9 Å². The van der Waals surface area contributed by atoms with E-state index < -0.39 is 0 Å². The van der Waals surface area contributed by atoms with E-state index in [-0.39, 0.29) is 0 Å². The first-order chi connectivity index (χ1) is 9.15. The topological polar surface area (TPSA) is 29.9 Å². The van der Waals surface area contributed by atoms with Gasteiger partial charge in [0.25, 0.3) is 0 Å². The molecule has 2 unspecified atom stereocenters. The lowest BCUT2D eigenvalue weighted by molar-refractivity contribution is 0.327. The van der Waals surface area contributed by atoms with Gasteiger partial charge in [-0.15, -0.1) is 0 Å². The molecule has 4 heteroatoms. The van der Waals surface area contributed by atoms with Crippen molar-refractivity contribution >= 4 is 15.9 Å². The van der Waals surface area contributed by atoms with Gasteiger partial charge in [0.2, 0.25) is 0 Å². The van der Waals surface area contributed by atoms with E-state index in [2.05, 4.69) is 52.0 Å². The van der Waals surface area contributed by atoms with Crippen LogP contribution in [0.1, 0.15) is 64.1 Å². The third kappa shape index (κ3) is 4.92. The van der Waals surface area contributed by atoms with E-state index in [1.54, 1.807) is 0 Å². The maximum atomic E-state index is 4.73. The number of hydrogen-bond acceptors (Lipinski definition) is 2. The van der Waals surface area contributed by atoms with Gasteiger partial charge in [-0.25, -0.2) is 0 Å². The van der Waals surface area contributed by atoms with E-state index in [4.69, 9.17) is 5.10 Å². The van der Waals surface area contributed by atoms with Gasteiger partial charge in [-0.3, -0.25) is 4.68 Å². The Hall–Kier alpha value is -0.350. The van der Waals surface area contributed by atoms with Gasteiger partial charge in [0.15, 0.2) is 0 Å². The largest absolute Gasteiger partial charge is 0.309 e. The second-order valence-corrected chi connectivity index (χ2v) is 7.44. The summed E-state index contributed by atoms with van der Waals surface area (Å²) in [5.74, 6) is 0. The van der Waals surface area contributed by atoms with Crippen LogP contribution in [0, 0.1) is 0 Å². The summed E-state index contributed by atoms with van der Waals surface area (Å²) in [4.78, 5) is 0.565. The Labute approximate surface area is 125 Å². The standard InChI is InChI=1S/C15H26BrN3/c1-12(16)10-13(2)17-11-14-8-9-19(18-14)15-6-4-3-5-7-15/h8-9,12-13,15,17H,3-7,10-11H2,1-2H3. The van der Waals surface area contributed by atoms with Gasteiger partial charge in [-0.2, -0.15) is 5.10 Å². The predicted octanol–water partition coefficient (Wildman–Crippen LogP) is 4.04. The molecule has 1 heterocycles. The summed E-state index contributed by atoms with van der Waals surface area (Å²) in [6.07, 6.45) is 10.0. The highest BCUT2D eigenvalue weighted by Gasteiger charge is 2.16. The average molecular weight is 328 g/mol. The Bertz CT molecular complexity index is 369. The van der Waals surface area contributed by atoms with Crippen molar-refractivity contribution in [2.45, 2.75) is 75.8 Å². The monoisotopic (exact) mass is 327 g/mol. The summed E-state index contributed by atoms with van der Waals surface area (Å²) >= 11 is 3.60. The normalized spacial score (nSPS) is 20.4. The van der Waals surface area contributed by atoms with Crippen molar-refractivity contribution in [3.63, 3.8) is 0 Å². The zero-order valence-corrected chi connectivity index (χ0v) is 13.7. The Morgan fingerprint density at radius 3 is 2.79 bits per heavy atom. The van der Waals surface area contributed by atoms with E-state index in [1.807, 2.05) is 0 Å². The molecule has 0 spiro atoms. The average Bonchev–Trinajstić information content (AvgIpc) is 2.85. The van der Waals surface area contributed by atoms with Gasteiger partial charge >= 0.3 is 0 Å². The van der Waals surface area contributed by atoms with Crippen LogP contribution < -0.4 is 5.32 Å². The second-order valence-electron chi connectivity index (χ2n) is 5.88. The Balaban J connectivity index is 1.80. The molecule has 3 nitrogen and oxygen atoms in total. The fraction of sp³-hybridized carbons (Fsp3) is 0.800. The number of hydrogen-bond donors (Lipinski definition) is 1. The molecule has 1 saturated carbocycles. The summed E-state index contributed by atoms with van der Waals surface area (Å²) in [5, 5.41) is 8.27. The van der Waals surface area contributed by atoms with Crippen molar-refractivity contribution < 1.29 is 0 Å². The van der Waals surface area contributed by atoms with Crippen LogP contribution in [0.15, 0.2) is 12.3 Å². The van der Waals surface area contributed by atoms with Crippen molar-refractivity contribution in [1.82, 2.24) is 15.1 Å². The van der Waals surface area contributed by atoms with Gasteiger partial charge in [0.1, 0.15) is 0 Å². The third-order valence-electron chi connectivity index (χ3n) is 3.92. The van der Waals surface area contributed by atoms with Crippen molar-refractivity contribution in [3.8, 4) is 0 Å². The molecule has 1 aromatic heterocycles. The predicted molar refractivity (Wildman–Crippen MR) is 83.7 cm³/mol. The van der Waals surface area contributed by atoms with Gasteiger partial charge in [0, 0.05) is 23.6 Å². The van der Waals surface area contributed by atoms with Gasteiger partial charge in [-0.05, 0) is 32.3 Å². The first-order valence-corrected chi connectivity index (χ1v) is 8.48. The molecule has 1 aliphatic rings. The molecular weight excluding hydrogens is 302 g/mol. The molecule has 1 N–H and O–H groups in total. The summed E-state index contributed by atoms with van der Waals surface area (Å²) in [6.45, 7) is 5.30. The van der Waals surface area contributed by atoms with Crippen molar-refractivity contribution in [2.75, 3.05) is 0 Å². The number of alkyl halides is 1. The molecule has 2 rings (SSSR count). The fourth-order valence-corrected chi connectivity index (χ4v) is 3.43. The smallest absolute Gasteiger partial charge is 0.0762 e. The number of rotatable bonds is 6. The molecular formula is C15H26BrN3. The first-order valence-electron chi connectivity index (χ1n) is 7.56. The molecule has 1 fully saturated rings. The quantitative estimate of drug-likeness (QED) is 0.799. The lowest BCUT2D eigenvalue weighted by atomic mass is 9.96. The Morgan fingerprint density at radius 1 is 1.37 bits per heavy atom. The Morgan fingerprint density at radius 2 is 2.11 bits per heavy atom. The van der Waals surface area contributed by atoms with Crippen molar-refractivity contribution in [1.29, 1.82) is 0 Å². The van der Waals surface area contributed by atoms with Crippen LogP contribution in [-0.2, 0) is 6.54 Å². The minimum atomic E-state index is 0.522. The van der Waals surface area contributed by atoms with Crippen molar-refractivity contribution in [2.24, 2.45) is 0 Å². The molecule has 108 valence electrons. The number of nitrogens with one attached hydrogen (secondary N) is 1. The van der Waals surface area contributed by atoms with Crippen LogP contribution in [0.25, 0.3) is 0 Å². The van der Waals surface area contributed by atoms with Crippen LogP contribution in [0.3, 0.4) is 0 Å². The molecule has 1 aromatic rings. The van der Waals surface area contributed by atoms with Crippen LogP contribution in [0.2, 0.25) is 0 Å². The van der Waals surface area contributed by atoms with Crippen LogP contribution in [0.5, 0.6) is 0 Å². The zero-order valence-electron chi connectivity index (χ0n) is 12.1. The highest BCUT2D eigenvalue weighted by atomic mass is 79.9. The van der Waals surface area contributed by atoms with E-state index in [9.17, 15) is 0 Å². The number of halogens is 1. The van der Waals surface area contributed by atoms with Gasteiger partial charge in [0.05, 0.1) is 11.7 Å². The molecule has 19 heavy (non-hydrogen) atoms. The molecule has 0 aromatic carbocycles. The molecule has 0 radical (unpaired) electrons. The van der Waals surface area contributed by atoms with Gasteiger partial charge < -0.3 is 5.32 Å². The van der Waals surface area contributed by atoms with E-state index in [0.717, 1.165) is 13.0 Å². The minimum absolute atomic E-state index is 0.522. The Kier molecular flexibility index (Phi) is 5.89. The molecule has 0 saturated heterocycles. The molecule has 2 atom stereocenters. The summed E-state index contributed by atoms with van der Waals surface area (Å²) in [5.41, 5.74) is 1.17. The summed E-state index contributed by atoms with van der Waals surface area (Å²) < 4.78 is 2.19. The minimum Gasteiger partial charge on any atom is -0.309 e. The molecule has 1 aliphatic carbocycles. The number of aromatic nitrogens is 2. The first kappa shape index (κ1) is 15.0. The highest BCUT2D eigenvalue weighted by Crippen LogP contribution is 2.27. The molecule has 0 amide bonds. The SMILES string of the molecule is CC(Br)CC(C)NCc1ccn(C2CCCCC2)n1. The third-order valence-corrected chi connectivity index (χ3v) is 4.30. The summed E-state index contributed by atoms with van der Waals surface area (Å²) in [7, 11) is 0. The van der Waals surface area contributed by atoms with Crippen LogP contribution >= 0.6 is 15.9 Å². The maximum absolute atomic E-state index is 4.73. The lowest BCUT2D eigenvalue weighted by Gasteiger charge is -2.21. The summed E-state index contributed by atoms with van der Waals surface area (Å²) in [6, 6.07) is 3.32. The zero-order chi connectivity index (χ0) is 13.7. The lowest BCUT2D eigenvalue weighted by Crippen LogP contribution is -2.27. The van der Waals surface area contributed by atoms with Crippen LogP contribution in [0.4, 0.5) is 0 Å². The highest BCUT2D eigenvalue weighted by molar-refractivity contribution is 9.09. The second kappa shape index (κ2) is 7.44. The van der Waals surface area contributed by atoms with Gasteiger partial charge in [-0.1, -0.05) is 42.1 Å². The van der Waals surface area contributed by atoms with E-state index in [1.165, 1.54) is 37.8 Å². The maximum Gasteiger partial charge on any atom is 0.0762 e. The molecule has 0 bridgehead atoms. The van der Waals surface area contributed by atoms with Crippen LogP contribution in [-0.4, -0.2) is 20.6 Å².